The number of hydrogen-bond acceptors (Lipinski definition) is 1. The summed E-state index contributed by atoms with van der Waals surface area (Å²) in [5.74, 6) is -0.280. The molecule has 0 saturated carbocycles. The molecule has 0 radical (unpaired) electrons. The van der Waals surface area contributed by atoms with Crippen molar-refractivity contribution in [2.45, 2.75) is 6.92 Å². The van der Waals surface area contributed by atoms with Crippen molar-refractivity contribution in [2.24, 2.45) is 0 Å². The molecule has 0 aliphatic rings. The predicted octanol–water partition coefficient (Wildman–Crippen LogP) is 2.17. The quantitative estimate of drug-likeness (QED) is 0.578. The molecule has 1 rings (SSSR count). The number of nitrogens with zero attached hydrogens (tertiary/aromatic N) is 1. The van der Waals surface area contributed by atoms with Crippen LogP contribution in [0.5, 0.6) is 0 Å². The Hall–Kier alpha value is -1.18. The molecular formula is C8H8FN. The molecule has 0 aromatic carbocycles. The van der Waals surface area contributed by atoms with Gasteiger partial charge in [-0.2, -0.15) is 0 Å². The number of aromatic nitrogens is 1. The van der Waals surface area contributed by atoms with Gasteiger partial charge in [-0.1, -0.05) is 12.7 Å². The predicted molar refractivity (Wildman–Crippen MR) is 39.0 cm³/mol. The van der Waals surface area contributed by atoms with Gasteiger partial charge in [-0.05, 0) is 18.6 Å². The first-order chi connectivity index (χ1) is 4.74. The highest BCUT2D eigenvalue weighted by molar-refractivity contribution is 5.45. The average Bonchev–Trinajstić information content (AvgIpc) is 1.95. The van der Waals surface area contributed by atoms with E-state index in [0.29, 0.717) is 11.3 Å². The lowest BCUT2D eigenvalue weighted by Gasteiger charge is -1.94. The topological polar surface area (TPSA) is 12.9 Å². The first-order valence-electron chi connectivity index (χ1n) is 2.98. The summed E-state index contributed by atoms with van der Waals surface area (Å²) in [4.78, 5) is 3.80. The molecule has 0 amide bonds. The molecule has 0 spiro atoms. The van der Waals surface area contributed by atoms with Gasteiger partial charge in [0.25, 0.3) is 0 Å². The zero-order valence-electron chi connectivity index (χ0n) is 5.76. The van der Waals surface area contributed by atoms with E-state index in [1.165, 1.54) is 6.07 Å². The molecule has 1 nitrogen and oxygen atoms in total. The molecule has 0 unspecified atom stereocenters. The van der Waals surface area contributed by atoms with Crippen molar-refractivity contribution in [3.8, 4) is 0 Å². The van der Waals surface area contributed by atoms with Crippen LogP contribution in [0.4, 0.5) is 4.39 Å². The molecule has 1 aromatic heterocycles. The zero-order valence-corrected chi connectivity index (χ0v) is 5.76. The summed E-state index contributed by atoms with van der Waals surface area (Å²) in [6.45, 7) is 5.12. The van der Waals surface area contributed by atoms with Crippen LogP contribution in [0, 0.1) is 12.7 Å². The zero-order chi connectivity index (χ0) is 7.56. The van der Waals surface area contributed by atoms with Crippen molar-refractivity contribution >= 4 is 6.08 Å². The fourth-order valence-corrected chi connectivity index (χ4v) is 0.633. The molecule has 52 valence electrons. The highest BCUT2D eigenvalue weighted by atomic mass is 19.1. The second-order valence-corrected chi connectivity index (χ2v) is 2.04. The normalized spacial score (nSPS) is 9.40. The summed E-state index contributed by atoms with van der Waals surface area (Å²) in [7, 11) is 0. The molecule has 0 N–H and O–H groups in total. The van der Waals surface area contributed by atoms with Crippen LogP contribution in [0.25, 0.3) is 6.08 Å². The third-order valence-corrected chi connectivity index (χ3v) is 1.28. The summed E-state index contributed by atoms with van der Waals surface area (Å²) in [6.07, 6.45) is 3.15. The van der Waals surface area contributed by atoms with Crippen LogP contribution in [0.2, 0.25) is 0 Å². The van der Waals surface area contributed by atoms with Gasteiger partial charge >= 0.3 is 0 Å². The van der Waals surface area contributed by atoms with Crippen LogP contribution in [0.3, 0.4) is 0 Å². The smallest absolute Gasteiger partial charge is 0.144 e. The minimum atomic E-state index is -0.280. The molecule has 1 aromatic rings. The van der Waals surface area contributed by atoms with Crippen molar-refractivity contribution in [1.82, 2.24) is 4.98 Å². The van der Waals surface area contributed by atoms with E-state index in [4.69, 9.17) is 0 Å². The molecule has 0 aliphatic carbocycles. The molecule has 0 saturated heterocycles. The first kappa shape index (κ1) is 6.93. The van der Waals surface area contributed by atoms with Gasteiger partial charge in [-0.3, -0.25) is 4.98 Å². The van der Waals surface area contributed by atoms with Crippen LogP contribution in [-0.2, 0) is 0 Å². The number of rotatable bonds is 1. The second kappa shape index (κ2) is 2.60. The Morgan fingerprint density at radius 3 is 2.90 bits per heavy atom. The Labute approximate surface area is 59.2 Å². The Bertz CT molecular complexity index is 255. The Morgan fingerprint density at radius 1 is 1.70 bits per heavy atom. The van der Waals surface area contributed by atoms with E-state index in [1.54, 1.807) is 19.2 Å². The second-order valence-electron chi connectivity index (χ2n) is 2.04. The van der Waals surface area contributed by atoms with Crippen LogP contribution in [-0.4, -0.2) is 4.98 Å². The van der Waals surface area contributed by atoms with Gasteiger partial charge in [-0.15, -0.1) is 0 Å². The minimum Gasteiger partial charge on any atom is -0.258 e. The standard InChI is InChI=1S/C8H8FN/c1-3-7-4-8(9)6(2)10-5-7/h3-5H,1H2,2H3. The van der Waals surface area contributed by atoms with E-state index >= 15 is 0 Å². The monoisotopic (exact) mass is 137 g/mol. The van der Waals surface area contributed by atoms with Crippen molar-refractivity contribution in [3.05, 3.63) is 35.9 Å². The fraction of sp³-hybridized carbons (Fsp3) is 0.125. The molecule has 2 heteroatoms. The number of hydrogen-bond donors (Lipinski definition) is 0. The van der Waals surface area contributed by atoms with Crippen molar-refractivity contribution in [1.29, 1.82) is 0 Å². The number of aryl methyl sites for hydroxylation is 1. The Morgan fingerprint density at radius 2 is 2.40 bits per heavy atom. The largest absolute Gasteiger partial charge is 0.258 e. The van der Waals surface area contributed by atoms with E-state index < -0.39 is 0 Å². The van der Waals surface area contributed by atoms with Gasteiger partial charge in [0.05, 0.1) is 5.69 Å². The Balaban J connectivity index is 3.16. The van der Waals surface area contributed by atoms with E-state index in [-0.39, 0.29) is 5.82 Å². The van der Waals surface area contributed by atoms with Gasteiger partial charge in [0, 0.05) is 6.20 Å². The third-order valence-electron chi connectivity index (χ3n) is 1.28. The molecule has 0 atom stereocenters. The van der Waals surface area contributed by atoms with Crippen molar-refractivity contribution in [3.63, 3.8) is 0 Å². The van der Waals surface area contributed by atoms with Crippen LogP contribution in [0.15, 0.2) is 18.8 Å². The summed E-state index contributed by atoms with van der Waals surface area (Å²) < 4.78 is 12.7. The summed E-state index contributed by atoms with van der Waals surface area (Å²) >= 11 is 0. The maximum absolute atomic E-state index is 12.7. The van der Waals surface area contributed by atoms with E-state index in [2.05, 4.69) is 11.6 Å². The summed E-state index contributed by atoms with van der Waals surface area (Å²) in [5.41, 5.74) is 1.13. The highest BCUT2D eigenvalue weighted by Gasteiger charge is 1.96. The molecule has 0 bridgehead atoms. The van der Waals surface area contributed by atoms with Gasteiger partial charge < -0.3 is 0 Å². The average molecular weight is 137 g/mol. The Kier molecular flexibility index (Phi) is 1.81. The number of pyridine rings is 1. The molecule has 0 aliphatic heterocycles. The molecule has 0 fully saturated rings. The lowest BCUT2D eigenvalue weighted by Crippen LogP contribution is -1.87. The van der Waals surface area contributed by atoms with E-state index in [9.17, 15) is 4.39 Å². The van der Waals surface area contributed by atoms with Crippen molar-refractivity contribution in [2.75, 3.05) is 0 Å². The molecule has 10 heavy (non-hydrogen) atoms. The fourth-order valence-electron chi connectivity index (χ4n) is 0.633. The van der Waals surface area contributed by atoms with Crippen molar-refractivity contribution < 1.29 is 4.39 Å². The van der Waals surface area contributed by atoms with Gasteiger partial charge in [0.15, 0.2) is 0 Å². The summed E-state index contributed by atoms with van der Waals surface area (Å²) in [6, 6.07) is 1.41. The molecule has 1 heterocycles. The van der Waals surface area contributed by atoms with E-state index in [1.807, 2.05) is 0 Å². The lowest BCUT2D eigenvalue weighted by molar-refractivity contribution is 0.609. The van der Waals surface area contributed by atoms with Crippen LogP contribution < -0.4 is 0 Å². The molecular weight excluding hydrogens is 129 g/mol. The lowest BCUT2D eigenvalue weighted by atomic mass is 10.2. The maximum atomic E-state index is 12.7. The third kappa shape index (κ3) is 1.21. The van der Waals surface area contributed by atoms with Crippen LogP contribution >= 0.6 is 0 Å². The maximum Gasteiger partial charge on any atom is 0.144 e. The first-order valence-corrected chi connectivity index (χ1v) is 2.98. The van der Waals surface area contributed by atoms with Gasteiger partial charge in [0.1, 0.15) is 5.82 Å². The SMILES string of the molecule is C=Cc1cnc(C)c(F)c1. The van der Waals surface area contributed by atoms with Gasteiger partial charge in [0.2, 0.25) is 0 Å². The summed E-state index contributed by atoms with van der Waals surface area (Å²) in [5, 5.41) is 0. The highest BCUT2D eigenvalue weighted by Crippen LogP contribution is 2.05. The minimum absolute atomic E-state index is 0.280. The van der Waals surface area contributed by atoms with Crippen LogP contribution in [0.1, 0.15) is 11.3 Å². The van der Waals surface area contributed by atoms with Gasteiger partial charge in [-0.25, -0.2) is 4.39 Å². The van der Waals surface area contributed by atoms with E-state index in [0.717, 1.165) is 0 Å². The number of halogens is 1.